The van der Waals surface area contributed by atoms with Crippen LogP contribution in [0.4, 0.5) is 0 Å². The van der Waals surface area contributed by atoms with E-state index in [0.29, 0.717) is 0 Å². The summed E-state index contributed by atoms with van der Waals surface area (Å²) in [5.41, 5.74) is 1.31. The molecule has 0 amide bonds. The van der Waals surface area contributed by atoms with Gasteiger partial charge in [-0.1, -0.05) is 25.2 Å². The van der Waals surface area contributed by atoms with Gasteiger partial charge in [-0.15, -0.1) is 0 Å². The van der Waals surface area contributed by atoms with E-state index in [1.54, 1.807) is 0 Å². The van der Waals surface area contributed by atoms with Gasteiger partial charge in [0.25, 0.3) is 0 Å². The summed E-state index contributed by atoms with van der Waals surface area (Å²) in [5.74, 6) is 0.845. The van der Waals surface area contributed by atoms with E-state index in [1.807, 2.05) is 13.0 Å². The second kappa shape index (κ2) is 5.96. The van der Waals surface area contributed by atoms with E-state index < -0.39 is 0 Å². The van der Waals surface area contributed by atoms with Crippen LogP contribution in [0.25, 0.3) is 0 Å². The van der Waals surface area contributed by atoms with Crippen LogP contribution in [0, 0.1) is 0 Å². The van der Waals surface area contributed by atoms with Crippen molar-refractivity contribution in [2.75, 3.05) is 5.75 Å². The number of hydrogen-bond acceptors (Lipinski definition) is 1. The number of allylic oxidation sites excluding steroid dienone is 3. The van der Waals surface area contributed by atoms with Crippen LogP contribution in [0.15, 0.2) is 23.8 Å². The quantitative estimate of drug-likeness (QED) is 0.454. The SMILES string of the molecule is C/C=C\C(=C/CC)CS. The fourth-order valence-electron chi connectivity index (χ4n) is 0.662. The predicted molar refractivity (Wildman–Crippen MR) is 47.0 cm³/mol. The molecule has 0 radical (unpaired) electrons. The Morgan fingerprint density at radius 3 is 2.56 bits per heavy atom. The van der Waals surface area contributed by atoms with Gasteiger partial charge in [-0.3, -0.25) is 0 Å². The molecule has 0 aromatic heterocycles. The van der Waals surface area contributed by atoms with Gasteiger partial charge in [-0.2, -0.15) is 12.6 Å². The largest absolute Gasteiger partial charge is 0.175 e. The summed E-state index contributed by atoms with van der Waals surface area (Å²) >= 11 is 4.16. The maximum Gasteiger partial charge on any atom is 0.0150 e. The topological polar surface area (TPSA) is 0 Å². The molecule has 0 aliphatic heterocycles. The maximum atomic E-state index is 4.16. The van der Waals surface area contributed by atoms with E-state index in [4.69, 9.17) is 0 Å². The lowest BCUT2D eigenvalue weighted by Crippen LogP contribution is -1.77. The van der Waals surface area contributed by atoms with E-state index in [-0.39, 0.29) is 0 Å². The Hall–Kier alpha value is -0.170. The Morgan fingerprint density at radius 1 is 1.56 bits per heavy atom. The highest BCUT2D eigenvalue weighted by molar-refractivity contribution is 7.80. The van der Waals surface area contributed by atoms with Crippen LogP contribution in [0.5, 0.6) is 0 Å². The Bertz CT molecular complexity index is 112. The Kier molecular flexibility index (Phi) is 5.85. The minimum atomic E-state index is 0.845. The molecular formula is C8H14S. The summed E-state index contributed by atoms with van der Waals surface area (Å²) in [4.78, 5) is 0. The van der Waals surface area contributed by atoms with Crippen molar-refractivity contribution >= 4 is 12.6 Å². The van der Waals surface area contributed by atoms with Crippen molar-refractivity contribution in [3.63, 3.8) is 0 Å². The van der Waals surface area contributed by atoms with Gasteiger partial charge in [0, 0.05) is 5.75 Å². The van der Waals surface area contributed by atoms with E-state index >= 15 is 0 Å². The Morgan fingerprint density at radius 2 is 2.22 bits per heavy atom. The molecule has 0 N–H and O–H groups in total. The first kappa shape index (κ1) is 8.83. The molecule has 0 atom stereocenters. The lowest BCUT2D eigenvalue weighted by Gasteiger charge is -1.92. The summed E-state index contributed by atoms with van der Waals surface area (Å²) in [6.07, 6.45) is 7.42. The van der Waals surface area contributed by atoms with Crippen LogP contribution in [0.1, 0.15) is 20.3 Å². The van der Waals surface area contributed by atoms with Crippen molar-refractivity contribution in [1.82, 2.24) is 0 Å². The molecule has 9 heavy (non-hydrogen) atoms. The zero-order valence-electron chi connectivity index (χ0n) is 6.09. The second-order valence-electron chi connectivity index (χ2n) is 1.85. The average Bonchev–Trinajstić information content (AvgIpc) is 1.88. The number of hydrogen-bond donors (Lipinski definition) is 1. The standard InChI is InChI=1S/C8H14S/c1-3-5-8(7-9)6-4-2/h3,5-6,9H,4,7H2,1-2H3/b5-3-,8-6+. The van der Waals surface area contributed by atoms with E-state index in [1.165, 1.54) is 5.57 Å². The molecule has 0 aliphatic carbocycles. The molecule has 0 aromatic carbocycles. The van der Waals surface area contributed by atoms with Crippen molar-refractivity contribution in [3.8, 4) is 0 Å². The molecule has 0 saturated carbocycles. The summed E-state index contributed by atoms with van der Waals surface area (Å²) in [7, 11) is 0. The third-order valence-electron chi connectivity index (χ3n) is 1.03. The van der Waals surface area contributed by atoms with Crippen LogP contribution in [0.3, 0.4) is 0 Å². The molecule has 0 fully saturated rings. The molecule has 1 heteroatoms. The first-order valence-electron chi connectivity index (χ1n) is 3.27. The minimum absolute atomic E-state index is 0.845. The number of thiol groups is 1. The number of rotatable bonds is 3. The fraction of sp³-hybridized carbons (Fsp3) is 0.500. The zero-order chi connectivity index (χ0) is 7.11. The van der Waals surface area contributed by atoms with Crippen LogP contribution in [0.2, 0.25) is 0 Å². The minimum Gasteiger partial charge on any atom is -0.175 e. The van der Waals surface area contributed by atoms with Crippen molar-refractivity contribution in [1.29, 1.82) is 0 Å². The normalized spacial score (nSPS) is 13.0. The van der Waals surface area contributed by atoms with E-state index in [2.05, 4.69) is 31.7 Å². The molecule has 0 unspecified atom stereocenters. The summed E-state index contributed by atoms with van der Waals surface area (Å²) in [6.45, 7) is 4.15. The van der Waals surface area contributed by atoms with E-state index in [0.717, 1.165) is 12.2 Å². The van der Waals surface area contributed by atoms with Crippen LogP contribution in [-0.4, -0.2) is 5.75 Å². The van der Waals surface area contributed by atoms with Gasteiger partial charge in [0.05, 0.1) is 0 Å². The summed E-state index contributed by atoms with van der Waals surface area (Å²) < 4.78 is 0. The Labute approximate surface area is 63.1 Å². The highest BCUT2D eigenvalue weighted by Crippen LogP contribution is 2.00. The first-order chi connectivity index (χ1) is 4.35. The van der Waals surface area contributed by atoms with Crippen LogP contribution in [-0.2, 0) is 0 Å². The summed E-state index contributed by atoms with van der Waals surface area (Å²) in [5, 5.41) is 0. The second-order valence-corrected chi connectivity index (χ2v) is 2.16. The van der Waals surface area contributed by atoms with Crippen molar-refractivity contribution in [3.05, 3.63) is 23.8 Å². The molecule has 0 saturated heterocycles. The van der Waals surface area contributed by atoms with Crippen LogP contribution < -0.4 is 0 Å². The van der Waals surface area contributed by atoms with Gasteiger partial charge in [0.2, 0.25) is 0 Å². The highest BCUT2D eigenvalue weighted by atomic mass is 32.1. The van der Waals surface area contributed by atoms with Crippen molar-refractivity contribution in [2.24, 2.45) is 0 Å². The van der Waals surface area contributed by atoms with Gasteiger partial charge in [-0.05, 0) is 18.9 Å². The molecule has 0 aromatic rings. The van der Waals surface area contributed by atoms with Gasteiger partial charge in [0.15, 0.2) is 0 Å². The van der Waals surface area contributed by atoms with Crippen LogP contribution >= 0.6 is 12.6 Å². The maximum absolute atomic E-state index is 4.16. The van der Waals surface area contributed by atoms with E-state index in [9.17, 15) is 0 Å². The molecular weight excluding hydrogens is 128 g/mol. The molecule has 52 valence electrons. The third kappa shape index (κ3) is 4.34. The molecule has 0 rings (SSSR count). The molecule has 0 nitrogen and oxygen atoms in total. The van der Waals surface area contributed by atoms with Gasteiger partial charge >= 0.3 is 0 Å². The third-order valence-corrected chi connectivity index (χ3v) is 1.39. The smallest absolute Gasteiger partial charge is 0.0150 e. The lowest BCUT2D eigenvalue weighted by atomic mass is 10.2. The van der Waals surface area contributed by atoms with Crippen molar-refractivity contribution in [2.45, 2.75) is 20.3 Å². The molecule has 0 heterocycles. The highest BCUT2D eigenvalue weighted by Gasteiger charge is 1.82. The van der Waals surface area contributed by atoms with Crippen molar-refractivity contribution < 1.29 is 0 Å². The van der Waals surface area contributed by atoms with Gasteiger partial charge in [0.1, 0.15) is 0 Å². The predicted octanol–water partition coefficient (Wildman–Crippen LogP) is 2.83. The molecule has 0 aliphatic rings. The summed E-state index contributed by atoms with van der Waals surface area (Å²) in [6, 6.07) is 0. The fourth-order valence-corrected chi connectivity index (χ4v) is 0.896. The molecule has 0 bridgehead atoms. The molecule has 0 spiro atoms. The van der Waals surface area contributed by atoms with Gasteiger partial charge < -0.3 is 0 Å². The first-order valence-corrected chi connectivity index (χ1v) is 3.91. The van der Waals surface area contributed by atoms with Gasteiger partial charge in [-0.25, -0.2) is 0 Å². The zero-order valence-corrected chi connectivity index (χ0v) is 6.99. The lowest BCUT2D eigenvalue weighted by molar-refractivity contribution is 1.20. The average molecular weight is 142 g/mol. The monoisotopic (exact) mass is 142 g/mol. The Balaban J connectivity index is 3.81.